The van der Waals surface area contributed by atoms with E-state index in [9.17, 15) is 0 Å². The Bertz CT molecular complexity index is 533. The molecule has 2 aliphatic rings. The molecule has 3 rings (SSSR count). The van der Waals surface area contributed by atoms with Gasteiger partial charge in [0.15, 0.2) is 0 Å². The zero-order valence-corrected chi connectivity index (χ0v) is 8.90. The van der Waals surface area contributed by atoms with Gasteiger partial charge < -0.3 is 5.41 Å². The van der Waals surface area contributed by atoms with Crippen molar-refractivity contribution in [2.75, 3.05) is 0 Å². The summed E-state index contributed by atoms with van der Waals surface area (Å²) in [5.41, 5.74) is 5.21. The third-order valence-electron chi connectivity index (χ3n) is 2.90. The molecule has 0 saturated heterocycles. The Hall–Kier alpha value is -1.96. The number of fused-ring (bicyclic) bond motifs is 1. The molecule has 0 aromatic heterocycles. The third kappa shape index (κ3) is 1.52. The summed E-state index contributed by atoms with van der Waals surface area (Å²) in [6, 6.07) is 10.2. The van der Waals surface area contributed by atoms with Gasteiger partial charge in [0.1, 0.15) is 0 Å². The maximum atomic E-state index is 7.67. The predicted octanol–water partition coefficient (Wildman–Crippen LogP) is 3.11. The summed E-state index contributed by atoms with van der Waals surface area (Å²) in [5, 5.41) is 7.67. The zero-order chi connectivity index (χ0) is 11.0. The van der Waals surface area contributed by atoms with Crippen molar-refractivity contribution in [1.82, 2.24) is 0 Å². The second-order valence-electron chi connectivity index (χ2n) is 4.11. The van der Waals surface area contributed by atoms with Crippen LogP contribution < -0.4 is 0 Å². The van der Waals surface area contributed by atoms with E-state index in [-0.39, 0.29) is 0 Å². The molecule has 1 N–H and O–H groups in total. The van der Waals surface area contributed by atoms with E-state index in [1.165, 1.54) is 5.57 Å². The van der Waals surface area contributed by atoms with E-state index in [0.717, 1.165) is 35.5 Å². The molecule has 0 bridgehead atoms. The summed E-state index contributed by atoms with van der Waals surface area (Å²) in [4.78, 5) is 4.60. The van der Waals surface area contributed by atoms with Gasteiger partial charge in [-0.05, 0) is 11.6 Å². The number of hydrogen-bond acceptors (Lipinski definition) is 2. The molecule has 0 fully saturated rings. The van der Waals surface area contributed by atoms with Gasteiger partial charge >= 0.3 is 0 Å². The molecule has 2 nitrogen and oxygen atoms in total. The number of hydrogen-bond donors (Lipinski definition) is 1. The minimum Gasteiger partial charge on any atom is -0.309 e. The van der Waals surface area contributed by atoms with Crippen molar-refractivity contribution in [2.24, 2.45) is 4.99 Å². The average Bonchev–Trinajstić information content (AvgIpc) is 2.73. The average molecular weight is 208 g/mol. The summed E-state index contributed by atoms with van der Waals surface area (Å²) in [7, 11) is 0. The van der Waals surface area contributed by atoms with Crippen molar-refractivity contribution in [3.63, 3.8) is 0 Å². The van der Waals surface area contributed by atoms with E-state index in [2.05, 4.69) is 23.2 Å². The van der Waals surface area contributed by atoms with Crippen LogP contribution in [0.5, 0.6) is 0 Å². The molecule has 16 heavy (non-hydrogen) atoms. The van der Waals surface area contributed by atoms with E-state index >= 15 is 0 Å². The standard InChI is InChI=1S/C14H12N2/c15-12-6-7-13-11(8-12)9-14(16-13)10-4-2-1-3-5-10/h1-5,7,9,15H,6,8H2. The molecule has 1 heterocycles. The number of nitrogens with zero attached hydrogens (tertiary/aromatic N) is 1. The summed E-state index contributed by atoms with van der Waals surface area (Å²) in [6.45, 7) is 0. The lowest BCUT2D eigenvalue weighted by molar-refractivity contribution is 1.12. The lowest BCUT2D eigenvalue weighted by atomic mass is 9.97. The van der Waals surface area contributed by atoms with Gasteiger partial charge in [-0.2, -0.15) is 0 Å². The molecule has 0 unspecified atom stereocenters. The lowest BCUT2D eigenvalue weighted by Gasteiger charge is -2.09. The Morgan fingerprint density at radius 2 is 1.94 bits per heavy atom. The van der Waals surface area contributed by atoms with Crippen molar-refractivity contribution < 1.29 is 0 Å². The van der Waals surface area contributed by atoms with Gasteiger partial charge in [-0.3, -0.25) is 0 Å². The van der Waals surface area contributed by atoms with E-state index < -0.39 is 0 Å². The molecule has 2 heteroatoms. The highest BCUT2D eigenvalue weighted by atomic mass is 14.8. The van der Waals surface area contributed by atoms with Gasteiger partial charge in [0.25, 0.3) is 0 Å². The Labute approximate surface area is 94.5 Å². The Kier molecular flexibility index (Phi) is 2.07. The van der Waals surface area contributed by atoms with Crippen LogP contribution in [0.2, 0.25) is 0 Å². The van der Waals surface area contributed by atoms with Crippen LogP contribution in [-0.2, 0) is 0 Å². The fraction of sp³-hybridized carbons (Fsp3) is 0.143. The van der Waals surface area contributed by atoms with Gasteiger partial charge in [0.05, 0.1) is 11.4 Å². The zero-order valence-electron chi connectivity index (χ0n) is 8.90. The van der Waals surface area contributed by atoms with E-state index in [1.54, 1.807) is 0 Å². The van der Waals surface area contributed by atoms with Gasteiger partial charge in [0.2, 0.25) is 0 Å². The van der Waals surface area contributed by atoms with Crippen LogP contribution in [-0.4, -0.2) is 11.4 Å². The van der Waals surface area contributed by atoms with Crippen LogP contribution in [0.1, 0.15) is 18.4 Å². The fourth-order valence-electron chi connectivity index (χ4n) is 2.07. The van der Waals surface area contributed by atoms with Crippen molar-refractivity contribution in [1.29, 1.82) is 5.41 Å². The first-order valence-corrected chi connectivity index (χ1v) is 5.44. The van der Waals surface area contributed by atoms with Gasteiger partial charge in [0, 0.05) is 24.1 Å². The van der Waals surface area contributed by atoms with Crippen LogP contribution >= 0.6 is 0 Å². The second-order valence-corrected chi connectivity index (χ2v) is 4.11. The van der Waals surface area contributed by atoms with Crippen molar-refractivity contribution in [2.45, 2.75) is 12.8 Å². The quantitative estimate of drug-likeness (QED) is 0.736. The number of benzene rings is 1. The smallest absolute Gasteiger partial charge is 0.0712 e. The monoisotopic (exact) mass is 208 g/mol. The molecule has 0 spiro atoms. The Balaban J connectivity index is 2.00. The van der Waals surface area contributed by atoms with Crippen LogP contribution in [0.15, 0.2) is 58.7 Å². The van der Waals surface area contributed by atoms with Crippen LogP contribution in [0, 0.1) is 5.41 Å². The van der Waals surface area contributed by atoms with Crippen LogP contribution in [0.3, 0.4) is 0 Å². The highest BCUT2D eigenvalue weighted by molar-refractivity contribution is 6.13. The highest BCUT2D eigenvalue weighted by Crippen LogP contribution is 2.29. The van der Waals surface area contributed by atoms with Crippen molar-refractivity contribution in [3.8, 4) is 0 Å². The van der Waals surface area contributed by atoms with Gasteiger partial charge in [-0.25, -0.2) is 4.99 Å². The number of aliphatic imine (C=N–C) groups is 1. The first kappa shape index (κ1) is 9.28. The molecule has 1 aliphatic heterocycles. The van der Waals surface area contributed by atoms with Gasteiger partial charge in [-0.1, -0.05) is 36.4 Å². The van der Waals surface area contributed by atoms with E-state index in [1.807, 2.05) is 24.3 Å². The van der Waals surface area contributed by atoms with E-state index in [0.29, 0.717) is 0 Å². The first-order valence-electron chi connectivity index (χ1n) is 5.44. The Morgan fingerprint density at radius 1 is 1.12 bits per heavy atom. The molecule has 0 saturated carbocycles. The topological polar surface area (TPSA) is 36.2 Å². The normalized spacial score (nSPS) is 18.8. The second kappa shape index (κ2) is 3.56. The molecule has 0 amide bonds. The van der Waals surface area contributed by atoms with Crippen molar-refractivity contribution >= 4 is 11.4 Å². The maximum absolute atomic E-state index is 7.67. The molecule has 1 aromatic rings. The lowest BCUT2D eigenvalue weighted by Crippen LogP contribution is -2.03. The summed E-state index contributed by atoms with van der Waals surface area (Å²) < 4.78 is 0. The third-order valence-corrected chi connectivity index (χ3v) is 2.90. The number of nitrogens with one attached hydrogen (secondary N) is 1. The molecule has 1 aliphatic carbocycles. The van der Waals surface area contributed by atoms with Crippen molar-refractivity contribution in [3.05, 3.63) is 59.3 Å². The number of rotatable bonds is 1. The SMILES string of the molecule is N=C1CC=C2N=C(c3ccccc3)C=C2C1. The summed E-state index contributed by atoms with van der Waals surface area (Å²) in [6.07, 6.45) is 5.66. The number of allylic oxidation sites excluding steroid dienone is 3. The minimum atomic E-state index is 0.748. The van der Waals surface area contributed by atoms with Gasteiger partial charge in [-0.15, -0.1) is 0 Å². The predicted molar refractivity (Wildman–Crippen MR) is 66.1 cm³/mol. The molecule has 1 aromatic carbocycles. The summed E-state index contributed by atoms with van der Waals surface area (Å²) in [5.74, 6) is 0. The highest BCUT2D eigenvalue weighted by Gasteiger charge is 2.19. The summed E-state index contributed by atoms with van der Waals surface area (Å²) >= 11 is 0. The largest absolute Gasteiger partial charge is 0.309 e. The first-order chi connectivity index (χ1) is 7.83. The minimum absolute atomic E-state index is 0.748. The van der Waals surface area contributed by atoms with Crippen LogP contribution in [0.4, 0.5) is 0 Å². The fourth-order valence-corrected chi connectivity index (χ4v) is 2.07. The van der Waals surface area contributed by atoms with Crippen LogP contribution in [0.25, 0.3) is 0 Å². The molecular formula is C14H12N2. The van der Waals surface area contributed by atoms with E-state index in [4.69, 9.17) is 5.41 Å². The molecular weight excluding hydrogens is 196 g/mol. The Morgan fingerprint density at radius 3 is 2.75 bits per heavy atom. The molecule has 0 radical (unpaired) electrons. The maximum Gasteiger partial charge on any atom is 0.0712 e. The molecule has 78 valence electrons. The molecule has 0 atom stereocenters.